The van der Waals surface area contributed by atoms with Crippen molar-refractivity contribution in [3.63, 3.8) is 0 Å². The Morgan fingerprint density at radius 1 is 0.727 bits per heavy atom. The molecule has 1 aliphatic rings. The van der Waals surface area contributed by atoms with E-state index in [4.69, 9.17) is 29.0 Å². The minimum absolute atomic E-state index is 0.0232. The van der Waals surface area contributed by atoms with Crippen LogP contribution in [0.15, 0.2) is 90.0 Å². The molecule has 438 valence electrons. The number of aromatic nitrogens is 2. The summed E-state index contributed by atoms with van der Waals surface area (Å²) in [6, 6.07) is 1.24. The van der Waals surface area contributed by atoms with Crippen molar-refractivity contribution in [3.05, 3.63) is 95.7 Å². The highest BCUT2D eigenvalue weighted by atomic mass is 31.3. The van der Waals surface area contributed by atoms with Gasteiger partial charge in [-0.25, -0.2) is 13.9 Å². The van der Waals surface area contributed by atoms with Crippen molar-refractivity contribution in [1.29, 1.82) is 0 Å². The molecule has 1 fully saturated rings. The second-order valence-electron chi connectivity index (χ2n) is 19.7. The Labute approximate surface area is 457 Å². The Morgan fingerprint density at radius 2 is 1.29 bits per heavy atom. The van der Waals surface area contributed by atoms with Crippen molar-refractivity contribution in [2.24, 2.45) is 5.92 Å². The monoisotopic (exact) mass is 1130 g/mol. The van der Waals surface area contributed by atoms with Crippen molar-refractivity contribution in [3.8, 4) is 0 Å². The molecule has 0 spiro atoms. The van der Waals surface area contributed by atoms with E-state index in [9.17, 15) is 48.6 Å². The summed E-state index contributed by atoms with van der Waals surface area (Å²) in [5.41, 5.74) is 4.59. The first-order valence-electron chi connectivity index (χ1n) is 27.9. The van der Waals surface area contributed by atoms with E-state index < -0.39 is 89.8 Å². The molecule has 2 heterocycles. The molecule has 7 N–H and O–H groups in total. The fourth-order valence-electron chi connectivity index (χ4n) is 8.02. The van der Waals surface area contributed by atoms with E-state index in [1.165, 1.54) is 83.1 Å². The first kappa shape index (κ1) is 69.3. The van der Waals surface area contributed by atoms with E-state index in [1.54, 1.807) is 6.08 Å². The smallest absolute Gasteiger partial charge is 0.462 e. The zero-order valence-corrected chi connectivity index (χ0v) is 47.8. The summed E-state index contributed by atoms with van der Waals surface area (Å²) in [5, 5.41) is 31.0. The lowest BCUT2D eigenvalue weighted by Gasteiger charge is -2.21. The molecule has 0 aromatic carbocycles. The van der Waals surface area contributed by atoms with Gasteiger partial charge in [-0.1, -0.05) is 196 Å². The Morgan fingerprint density at radius 3 is 1.90 bits per heavy atom. The number of allylic oxidation sites excluding steroid dienone is 10. The van der Waals surface area contributed by atoms with Gasteiger partial charge >= 0.3 is 33.3 Å². The summed E-state index contributed by atoms with van der Waals surface area (Å²) in [6.45, 7) is 4.25. The predicted octanol–water partition coefficient (Wildman–Crippen LogP) is 11.3. The molecule has 1 saturated heterocycles. The Kier molecular flexibility index (Phi) is 37.9. The molecule has 1 aliphatic heterocycles. The van der Waals surface area contributed by atoms with Crippen LogP contribution in [0.5, 0.6) is 0 Å². The Bertz CT molecular complexity index is 2110. The summed E-state index contributed by atoms with van der Waals surface area (Å²) in [7, 11) is -10.9. The van der Waals surface area contributed by atoms with Crippen molar-refractivity contribution >= 4 is 33.4 Å². The normalized spacial score (nSPS) is 19.6. The maximum atomic E-state index is 12.9. The summed E-state index contributed by atoms with van der Waals surface area (Å²) in [5.74, 6) is -0.628. The van der Waals surface area contributed by atoms with Gasteiger partial charge in [0.2, 0.25) is 0 Å². The maximum Gasteiger partial charge on any atom is 0.481 e. The van der Waals surface area contributed by atoms with E-state index in [2.05, 4.69) is 42.2 Å². The molecule has 21 heteroatoms. The average Bonchev–Trinajstić information content (AvgIpc) is 3.65. The number of nitrogen functional groups attached to an aromatic ring is 1. The second kappa shape index (κ2) is 42.1. The van der Waals surface area contributed by atoms with E-state index in [1.807, 2.05) is 54.7 Å². The lowest BCUT2D eigenvalue weighted by atomic mass is 10.0. The summed E-state index contributed by atoms with van der Waals surface area (Å²) < 4.78 is 56.8. The van der Waals surface area contributed by atoms with E-state index in [0.29, 0.717) is 32.1 Å². The van der Waals surface area contributed by atoms with Crippen molar-refractivity contribution in [2.45, 2.75) is 218 Å². The standard InChI is InChI=1S/C56H93N3O16P2/c1-4-5-6-7-27-32-37-47(60)38-33-28-23-19-16-17-20-24-29-34-39-51(61)70-43-48(73-52(62)40-35-30-25-21-15-13-11-9-8-10-12-14-18-22-26-31-36-46(2)3)44-71-76(66,67)75-77(68,69)72-45-49-53(63)54(64)55(74-49)59-42-41-50(57)58-56(59)65/h5-6,16-17,23-24,27-29,32-33,38,41-42,46-49,53-55,60,63-64H,4,7-15,18-22,25-26,30-31,34-37,39-40,43-45H2,1-3H3,(H,66,67)(H,68,69)(H2,57,58,65)/b6-5-,17-16-,28-23-,29-24-,32-27-,38-33+/t47?,48-,49-,53-,54-,55-/m1/s1. The van der Waals surface area contributed by atoms with Crippen LogP contribution < -0.4 is 11.4 Å². The van der Waals surface area contributed by atoms with Gasteiger partial charge < -0.3 is 45.1 Å². The molecule has 0 radical (unpaired) electrons. The van der Waals surface area contributed by atoms with Crippen LogP contribution in [0.1, 0.15) is 188 Å². The van der Waals surface area contributed by atoms with Crippen LogP contribution in [0.3, 0.4) is 0 Å². The van der Waals surface area contributed by atoms with Crippen LogP contribution in [-0.4, -0.2) is 96.9 Å². The molecule has 1 aromatic rings. The largest absolute Gasteiger partial charge is 0.481 e. The van der Waals surface area contributed by atoms with Gasteiger partial charge in [-0.3, -0.25) is 23.2 Å². The third kappa shape index (κ3) is 35.4. The molecule has 0 amide bonds. The molecular weight excluding hydrogens is 1030 g/mol. The number of esters is 2. The summed E-state index contributed by atoms with van der Waals surface area (Å²) >= 11 is 0. The second-order valence-corrected chi connectivity index (χ2v) is 22.8. The maximum absolute atomic E-state index is 12.9. The van der Waals surface area contributed by atoms with Gasteiger partial charge in [0.25, 0.3) is 0 Å². The SMILES string of the molecule is CC/C=C\C/C=C\CC(O)/C=C/C=C\C/C=C\C/C=C\CCC(=O)OC[C@H](COP(=O)(O)OP(=O)(O)OC[C@H]1O[C@@H](n2ccc(N)nc2=O)[C@H](O)[C@@H]1O)OC(=O)CCCCCCCCCCCCCCCCCCC(C)C. The Balaban J connectivity index is 1.81. The highest BCUT2D eigenvalue weighted by Gasteiger charge is 2.46. The molecule has 0 bridgehead atoms. The molecule has 1 aromatic heterocycles. The van der Waals surface area contributed by atoms with Gasteiger partial charge in [0.15, 0.2) is 12.3 Å². The number of unbranched alkanes of at least 4 members (excludes halogenated alkanes) is 15. The zero-order chi connectivity index (χ0) is 56.6. The number of carbonyl (C=O) groups excluding carboxylic acids is 2. The number of aliphatic hydroxyl groups is 3. The molecule has 77 heavy (non-hydrogen) atoms. The number of phosphoric ester groups is 2. The highest BCUT2D eigenvalue weighted by molar-refractivity contribution is 7.61. The summed E-state index contributed by atoms with van der Waals surface area (Å²) in [4.78, 5) is 62.1. The van der Waals surface area contributed by atoms with E-state index in [-0.39, 0.29) is 18.7 Å². The number of nitrogens with zero attached hydrogens (tertiary/aromatic N) is 2. The van der Waals surface area contributed by atoms with E-state index in [0.717, 1.165) is 55.2 Å². The first-order valence-corrected chi connectivity index (χ1v) is 30.9. The molecule has 0 saturated carbocycles. The van der Waals surface area contributed by atoms with Crippen LogP contribution in [0.4, 0.5) is 5.82 Å². The van der Waals surface area contributed by atoms with Gasteiger partial charge in [-0.05, 0) is 56.9 Å². The van der Waals surface area contributed by atoms with Crippen molar-refractivity contribution < 1.29 is 71.4 Å². The fourth-order valence-corrected chi connectivity index (χ4v) is 10.1. The lowest BCUT2D eigenvalue weighted by Crippen LogP contribution is -2.36. The number of rotatable bonds is 45. The highest BCUT2D eigenvalue weighted by Crippen LogP contribution is 2.60. The molecule has 0 aliphatic carbocycles. The van der Waals surface area contributed by atoms with Gasteiger partial charge in [0.1, 0.15) is 30.7 Å². The predicted molar refractivity (Wildman–Crippen MR) is 299 cm³/mol. The molecular formula is C56H93N3O16P2. The van der Waals surface area contributed by atoms with Crippen LogP contribution in [0.2, 0.25) is 0 Å². The molecule has 3 unspecified atom stereocenters. The number of carbonyl (C=O) groups is 2. The van der Waals surface area contributed by atoms with Gasteiger partial charge in [0.05, 0.1) is 19.3 Å². The fraction of sp³-hybridized carbons (Fsp3) is 0.679. The Hall–Kier alpha value is -3.84. The van der Waals surface area contributed by atoms with Gasteiger partial charge in [-0.15, -0.1) is 0 Å². The first-order chi connectivity index (χ1) is 36.9. The number of hydrogen-bond acceptors (Lipinski definition) is 16. The third-order valence-corrected chi connectivity index (χ3v) is 14.9. The van der Waals surface area contributed by atoms with Gasteiger partial charge in [-0.2, -0.15) is 9.29 Å². The van der Waals surface area contributed by atoms with Crippen LogP contribution in [-0.2, 0) is 46.3 Å². The minimum atomic E-state index is -5.45. The average molecular weight is 1130 g/mol. The number of aliphatic hydroxyl groups excluding tert-OH is 3. The number of hydrogen-bond donors (Lipinski definition) is 6. The topological polar surface area (TPSA) is 286 Å². The number of anilines is 1. The van der Waals surface area contributed by atoms with Crippen molar-refractivity contribution in [2.75, 3.05) is 25.6 Å². The number of ether oxygens (including phenoxy) is 3. The van der Waals surface area contributed by atoms with Crippen molar-refractivity contribution in [1.82, 2.24) is 9.55 Å². The number of phosphoric acid groups is 2. The number of nitrogens with two attached hydrogens (primary N) is 1. The van der Waals surface area contributed by atoms with Crippen LogP contribution >= 0.6 is 15.6 Å². The van der Waals surface area contributed by atoms with Crippen LogP contribution in [0.25, 0.3) is 0 Å². The summed E-state index contributed by atoms with van der Waals surface area (Å²) in [6.07, 6.45) is 40.2. The van der Waals surface area contributed by atoms with E-state index >= 15 is 0 Å². The third-order valence-electron chi connectivity index (χ3n) is 12.3. The van der Waals surface area contributed by atoms with Crippen LogP contribution in [0, 0.1) is 5.92 Å². The van der Waals surface area contributed by atoms with Gasteiger partial charge in [0, 0.05) is 19.0 Å². The lowest BCUT2D eigenvalue weighted by molar-refractivity contribution is -0.161. The molecule has 19 nitrogen and oxygen atoms in total. The molecule has 2 rings (SSSR count). The zero-order valence-electron chi connectivity index (χ0n) is 46.0. The quantitative estimate of drug-likeness (QED) is 0.0116. The minimum Gasteiger partial charge on any atom is -0.462 e. The molecule has 8 atom stereocenters.